The Labute approximate surface area is 116 Å². The van der Waals surface area contributed by atoms with Crippen LogP contribution in [0, 0.1) is 0 Å². The first kappa shape index (κ1) is 13.8. The van der Waals surface area contributed by atoms with Crippen LogP contribution in [0.2, 0.25) is 0 Å². The second-order valence-electron chi connectivity index (χ2n) is 5.35. The molecule has 0 aromatic heterocycles. The Morgan fingerprint density at radius 3 is 1.42 bits per heavy atom. The standard InChI is InChI=1S/C18H23N/c1-15(13-17-9-5-3-6-10-17)19-16(2)14-18-11-7-4-8-12-18/h3-12,15-16,19H,13-14H2,1-2H3/t15-,16-/m1/s1. The minimum atomic E-state index is 0.501. The maximum Gasteiger partial charge on any atom is 0.00817 e. The monoisotopic (exact) mass is 253 g/mol. The number of nitrogens with one attached hydrogen (secondary N) is 1. The summed E-state index contributed by atoms with van der Waals surface area (Å²) in [6.07, 6.45) is 2.17. The molecule has 2 aromatic carbocycles. The van der Waals surface area contributed by atoms with Crippen molar-refractivity contribution in [3.63, 3.8) is 0 Å². The van der Waals surface area contributed by atoms with Gasteiger partial charge in [-0.1, -0.05) is 60.7 Å². The highest BCUT2D eigenvalue weighted by atomic mass is 14.9. The van der Waals surface area contributed by atoms with Crippen molar-refractivity contribution in [3.05, 3.63) is 71.8 Å². The molecule has 0 bridgehead atoms. The van der Waals surface area contributed by atoms with Gasteiger partial charge in [-0.25, -0.2) is 0 Å². The van der Waals surface area contributed by atoms with Crippen molar-refractivity contribution in [2.75, 3.05) is 0 Å². The molecule has 19 heavy (non-hydrogen) atoms. The van der Waals surface area contributed by atoms with E-state index in [4.69, 9.17) is 0 Å². The Hall–Kier alpha value is -1.60. The fourth-order valence-electron chi connectivity index (χ4n) is 2.54. The first-order valence-corrected chi connectivity index (χ1v) is 7.08. The van der Waals surface area contributed by atoms with E-state index in [0.717, 1.165) is 12.8 Å². The highest BCUT2D eigenvalue weighted by molar-refractivity contribution is 5.17. The van der Waals surface area contributed by atoms with Gasteiger partial charge in [0.1, 0.15) is 0 Å². The topological polar surface area (TPSA) is 12.0 Å². The van der Waals surface area contributed by atoms with Gasteiger partial charge in [0, 0.05) is 12.1 Å². The Bertz CT molecular complexity index is 418. The normalized spacial score (nSPS) is 14.0. The lowest BCUT2D eigenvalue weighted by atomic mass is 10.0. The smallest absolute Gasteiger partial charge is 0.00817 e. The van der Waals surface area contributed by atoms with Gasteiger partial charge in [-0.3, -0.25) is 0 Å². The van der Waals surface area contributed by atoms with Crippen molar-refractivity contribution >= 4 is 0 Å². The molecular formula is C18H23N. The molecule has 0 radical (unpaired) electrons. The summed E-state index contributed by atoms with van der Waals surface area (Å²) in [5, 5.41) is 3.68. The van der Waals surface area contributed by atoms with Gasteiger partial charge in [-0.05, 0) is 37.8 Å². The molecule has 0 aliphatic rings. The SMILES string of the molecule is C[C@H](Cc1ccccc1)N[C@H](C)Cc1ccccc1. The molecule has 0 amide bonds. The molecule has 0 saturated heterocycles. The molecule has 0 fully saturated rings. The lowest BCUT2D eigenvalue weighted by Gasteiger charge is -2.20. The van der Waals surface area contributed by atoms with Crippen LogP contribution in [-0.4, -0.2) is 12.1 Å². The van der Waals surface area contributed by atoms with E-state index in [1.807, 2.05) is 0 Å². The van der Waals surface area contributed by atoms with Crippen molar-refractivity contribution in [1.82, 2.24) is 5.32 Å². The molecule has 0 spiro atoms. The van der Waals surface area contributed by atoms with Crippen molar-refractivity contribution < 1.29 is 0 Å². The van der Waals surface area contributed by atoms with E-state index >= 15 is 0 Å². The zero-order chi connectivity index (χ0) is 13.5. The van der Waals surface area contributed by atoms with Gasteiger partial charge in [0.05, 0.1) is 0 Å². The third-order valence-corrected chi connectivity index (χ3v) is 3.34. The van der Waals surface area contributed by atoms with Crippen LogP contribution in [0.4, 0.5) is 0 Å². The van der Waals surface area contributed by atoms with E-state index in [1.54, 1.807) is 0 Å². The first-order chi connectivity index (χ1) is 9.24. The number of hydrogen-bond donors (Lipinski definition) is 1. The first-order valence-electron chi connectivity index (χ1n) is 7.08. The summed E-state index contributed by atoms with van der Waals surface area (Å²) >= 11 is 0. The molecule has 100 valence electrons. The Morgan fingerprint density at radius 2 is 1.05 bits per heavy atom. The molecule has 0 unspecified atom stereocenters. The average Bonchev–Trinajstić information content (AvgIpc) is 2.40. The largest absolute Gasteiger partial charge is 0.311 e. The summed E-state index contributed by atoms with van der Waals surface area (Å²) in [5.41, 5.74) is 2.80. The van der Waals surface area contributed by atoms with Crippen LogP contribution in [0.5, 0.6) is 0 Å². The quantitative estimate of drug-likeness (QED) is 0.825. The molecule has 0 aliphatic heterocycles. The summed E-state index contributed by atoms with van der Waals surface area (Å²) in [6.45, 7) is 4.52. The highest BCUT2D eigenvalue weighted by Crippen LogP contribution is 2.06. The van der Waals surface area contributed by atoms with Crippen molar-refractivity contribution in [3.8, 4) is 0 Å². The minimum Gasteiger partial charge on any atom is -0.311 e. The second-order valence-corrected chi connectivity index (χ2v) is 5.35. The number of benzene rings is 2. The fourth-order valence-corrected chi connectivity index (χ4v) is 2.54. The van der Waals surface area contributed by atoms with Crippen LogP contribution < -0.4 is 5.32 Å². The summed E-state index contributed by atoms with van der Waals surface area (Å²) < 4.78 is 0. The molecule has 0 heterocycles. The zero-order valence-corrected chi connectivity index (χ0v) is 11.8. The second kappa shape index (κ2) is 7.10. The maximum absolute atomic E-state index is 3.68. The molecule has 2 aromatic rings. The van der Waals surface area contributed by atoms with Crippen LogP contribution >= 0.6 is 0 Å². The molecule has 0 aliphatic carbocycles. The van der Waals surface area contributed by atoms with E-state index in [2.05, 4.69) is 79.8 Å². The van der Waals surface area contributed by atoms with Gasteiger partial charge in [0.2, 0.25) is 0 Å². The highest BCUT2D eigenvalue weighted by Gasteiger charge is 2.08. The van der Waals surface area contributed by atoms with Crippen molar-refractivity contribution in [1.29, 1.82) is 0 Å². The lowest BCUT2D eigenvalue weighted by Crippen LogP contribution is -2.37. The average molecular weight is 253 g/mol. The van der Waals surface area contributed by atoms with Gasteiger partial charge in [0.15, 0.2) is 0 Å². The lowest BCUT2D eigenvalue weighted by molar-refractivity contribution is 0.462. The van der Waals surface area contributed by atoms with Gasteiger partial charge >= 0.3 is 0 Å². The Kier molecular flexibility index (Phi) is 5.17. The van der Waals surface area contributed by atoms with Gasteiger partial charge in [-0.2, -0.15) is 0 Å². The molecule has 1 heteroatoms. The third-order valence-electron chi connectivity index (χ3n) is 3.34. The van der Waals surface area contributed by atoms with Crippen molar-refractivity contribution in [2.24, 2.45) is 0 Å². The summed E-state index contributed by atoms with van der Waals surface area (Å²) in [4.78, 5) is 0. The third kappa shape index (κ3) is 4.88. The van der Waals surface area contributed by atoms with Gasteiger partial charge in [0.25, 0.3) is 0 Å². The van der Waals surface area contributed by atoms with Crippen LogP contribution in [0.1, 0.15) is 25.0 Å². The summed E-state index contributed by atoms with van der Waals surface area (Å²) in [6, 6.07) is 22.3. The van der Waals surface area contributed by atoms with Crippen molar-refractivity contribution in [2.45, 2.75) is 38.8 Å². The number of hydrogen-bond acceptors (Lipinski definition) is 1. The minimum absolute atomic E-state index is 0.501. The van der Waals surface area contributed by atoms with Gasteiger partial charge < -0.3 is 5.32 Å². The molecular weight excluding hydrogens is 230 g/mol. The molecule has 2 atom stereocenters. The van der Waals surface area contributed by atoms with Crippen LogP contribution in [0.25, 0.3) is 0 Å². The predicted octanol–water partition coefficient (Wildman–Crippen LogP) is 3.84. The van der Waals surface area contributed by atoms with Crippen LogP contribution in [-0.2, 0) is 12.8 Å². The van der Waals surface area contributed by atoms with E-state index in [-0.39, 0.29) is 0 Å². The summed E-state index contributed by atoms with van der Waals surface area (Å²) in [7, 11) is 0. The molecule has 1 nitrogen and oxygen atoms in total. The van der Waals surface area contributed by atoms with E-state index in [1.165, 1.54) is 11.1 Å². The zero-order valence-electron chi connectivity index (χ0n) is 11.8. The number of rotatable bonds is 6. The Morgan fingerprint density at radius 1 is 0.684 bits per heavy atom. The predicted molar refractivity (Wildman–Crippen MR) is 82.4 cm³/mol. The van der Waals surface area contributed by atoms with E-state index in [0.29, 0.717) is 12.1 Å². The van der Waals surface area contributed by atoms with Crippen LogP contribution in [0.15, 0.2) is 60.7 Å². The van der Waals surface area contributed by atoms with Gasteiger partial charge in [-0.15, -0.1) is 0 Å². The molecule has 0 saturated carbocycles. The summed E-state index contributed by atoms with van der Waals surface area (Å²) in [5.74, 6) is 0. The van der Waals surface area contributed by atoms with E-state index in [9.17, 15) is 0 Å². The van der Waals surface area contributed by atoms with E-state index < -0.39 is 0 Å². The molecule has 2 rings (SSSR count). The maximum atomic E-state index is 3.68. The molecule has 1 N–H and O–H groups in total. The van der Waals surface area contributed by atoms with Crippen LogP contribution in [0.3, 0.4) is 0 Å². The fraction of sp³-hybridized carbons (Fsp3) is 0.333. The Balaban J connectivity index is 1.80.